The summed E-state index contributed by atoms with van der Waals surface area (Å²) < 4.78 is 10.5. The number of hydrogen-bond acceptors (Lipinski definition) is 8. The molecule has 5 rings (SSSR count). The number of hydrogen-bond donors (Lipinski definition) is 2. The van der Waals surface area contributed by atoms with Gasteiger partial charge in [0.1, 0.15) is 0 Å². The number of ether oxygens (including phenoxy) is 2. The number of benzene rings is 1. The highest BCUT2D eigenvalue weighted by molar-refractivity contribution is 9.09. The highest BCUT2D eigenvalue weighted by Gasteiger charge is 2.75. The number of fused-ring (bicyclic) bond motifs is 4. The number of rotatable bonds is 8. The van der Waals surface area contributed by atoms with Gasteiger partial charge < -0.3 is 19.7 Å². The number of allylic oxidation sites excluding steroid dienone is 3. The van der Waals surface area contributed by atoms with Crippen molar-refractivity contribution in [2.24, 2.45) is 23.7 Å². The number of likely N-dealkylation sites (tertiary alicyclic amines) is 2. The molecule has 2 heterocycles. The molecule has 1 aromatic rings. The molecule has 4 aliphatic rings. The topological polar surface area (TPSA) is 151 Å². The number of nitrogens with zero attached hydrogens (tertiary/aromatic N) is 2. The minimum atomic E-state index is -1.95. The molecule has 42 heavy (non-hydrogen) atoms. The number of imide groups is 2. The molecule has 3 fully saturated rings. The van der Waals surface area contributed by atoms with Gasteiger partial charge in [-0.15, -0.1) is 23.2 Å². The Kier molecular flexibility index (Phi) is 7.86. The number of carboxylic acid groups (broad SMARTS) is 1. The van der Waals surface area contributed by atoms with Gasteiger partial charge in [-0.1, -0.05) is 39.7 Å². The van der Waals surface area contributed by atoms with E-state index < -0.39 is 69.4 Å². The van der Waals surface area contributed by atoms with Crippen LogP contribution in [0.3, 0.4) is 0 Å². The number of carbonyl (C=O) groups excluding carboxylic acids is 4. The Bertz CT molecular complexity index is 1440. The summed E-state index contributed by atoms with van der Waals surface area (Å²) in [6.07, 6.45) is 4.63. The first-order valence-corrected chi connectivity index (χ1v) is 14.9. The summed E-state index contributed by atoms with van der Waals surface area (Å²) in [4.78, 5) is 63.3. The summed E-state index contributed by atoms with van der Waals surface area (Å²) >= 11 is 17.4. The van der Waals surface area contributed by atoms with Crippen LogP contribution >= 0.6 is 39.1 Å². The molecule has 1 saturated carbocycles. The van der Waals surface area contributed by atoms with E-state index in [0.29, 0.717) is 11.1 Å². The van der Waals surface area contributed by atoms with Gasteiger partial charge in [0, 0.05) is 12.5 Å². The molecule has 0 spiro atoms. The zero-order valence-corrected chi connectivity index (χ0v) is 25.6. The van der Waals surface area contributed by atoms with Gasteiger partial charge >= 0.3 is 5.97 Å². The van der Waals surface area contributed by atoms with Gasteiger partial charge in [0.15, 0.2) is 21.2 Å². The Morgan fingerprint density at radius 1 is 1.07 bits per heavy atom. The van der Waals surface area contributed by atoms with Crippen LogP contribution in [0.5, 0.6) is 17.2 Å². The fourth-order valence-corrected chi connectivity index (χ4v) is 8.09. The van der Waals surface area contributed by atoms with Gasteiger partial charge in [-0.2, -0.15) is 0 Å². The lowest BCUT2D eigenvalue weighted by Gasteiger charge is -2.49. The van der Waals surface area contributed by atoms with Crippen LogP contribution in [0.25, 0.3) is 6.08 Å². The highest BCUT2D eigenvalue weighted by Crippen LogP contribution is 2.63. The number of methoxy groups -OCH3 is 2. The Morgan fingerprint density at radius 2 is 1.71 bits per heavy atom. The SMILES string of the molecule is COc1cc(C=C[C@H]2C3=CC[C@@H]4C(=O)N(CCC(=O)O)C(=O)[C@@H]4[C@@H]3C[C@@]3(Cl)C(=O)N(CBr)C(=O)[C@@]23Cl)cc(OC)c1O. The molecular formula is C28H27BrCl2N2O9. The number of aromatic hydroxyl groups is 1. The highest BCUT2D eigenvalue weighted by atomic mass is 79.9. The van der Waals surface area contributed by atoms with E-state index in [0.717, 1.165) is 9.80 Å². The molecule has 0 aromatic heterocycles. The van der Waals surface area contributed by atoms with Crippen molar-refractivity contribution < 1.29 is 43.7 Å². The number of phenolic OH excluding ortho intramolecular Hbond substituents is 1. The summed E-state index contributed by atoms with van der Waals surface area (Å²) in [6.45, 7) is -0.268. The third kappa shape index (κ3) is 4.24. The Hall–Kier alpha value is -3.09. The van der Waals surface area contributed by atoms with Crippen LogP contribution in [-0.2, 0) is 24.0 Å². The van der Waals surface area contributed by atoms with Crippen molar-refractivity contribution in [3.8, 4) is 17.2 Å². The Morgan fingerprint density at radius 3 is 2.29 bits per heavy atom. The predicted octanol–water partition coefficient (Wildman–Crippen LogP) is 3.14. The normalized spacial score (nSPS) is 32.2. The molecule has 0 unspecified atom stereocenters. The zero-order chi connectivity index (χ0) is 30.7. The summed E-state index contributed by atoms with van der Waals surface area (Å²) in [5.74, 6) is -6.84. The molecule has 0 bridgehead atoms. The van der Waals surface area contributed by atoms with E-state index in [1.54, 1.807) is 30.4 Å². The standard InChI is InChI=1S/C28H27BrCl2N2O9/c1-41-18-9-13(10-19(42-2)22(18)36)3-6-17-14-4-5-15-21(24(38)32(23(15)37)8-7-20(34)35)16(14)11-27(30)25(39)33(12-29)26(40)28(17,27)31/h3-4,6,9-10,15-17,21,36H,5,7-8,11-12H2,1-2H3,(H,34,35)/t15-,16+,17-,21-,27+,28-/m0/s1. The molecule has 2 saturated heterocycles. The fraction of sp³-hybridized carbons (Fsp3) is 0.464. The van der Waals surface area contributed by atoms with Gasteiger partial charge in [-0.25, -0.2) is 0 Å². The smallest absolute Gasteiger partial charge is 0.305 e. The minimum Gasteiger partial charge on any atom is -0.502 e. The van der Waals surface area contributed by atoms with Crippen LogP contribution < -0.4 is 9.47 Å². The maximum absolute atomic E-state index is 13.7. The van der Waals surface area contributed by atoms with Crippen molar-refractivity contribution in [1.82, 2.24) is 9.80 Å². The van der Waals surface area contributed by atoms with E-state index in [2.05, 4.69) is 15.9 Å². The molecular weight excluding hydrogens is 659 g/mol. The second-order valence-corrected chi connectivity index (χ2v) is 12.4. The van der Waals surface area contributed by atoms with Crippen molar-refractivity contribution in [2.75, 3.05) is 26.2 Å². The fourth-order valence-electron chi connectivity index (χ4n) is 6.71. The number of aliphatic carboxylic acids is 1. The Balaban J connectivity index is 1.62. The van der Waals surface area contributed by atoms with Crippen LogP contribution in [0.2, 0.25) is 0 Å². The van der Waals surface area contributed by atoms with Crippen LogP contribution in [-0.4, -0.2) is 85.6 Å². The molecule has 11 nitrogen and oxygen atoms in total. The molecule has 2 aliphatic carbocycles. The molecule has 224 valence electrons. The number of halogens is 3. The molecule has 6 atom stereocenters. The molecule has 4 amide bonds. The largest absolute Gasteiger partial charge is 0.502 e. The maximum atomic E-state index is 13.7. The third-order valence-electron chi connectivity index (χ3n) is 8.70. The van der Waals surface area contributed by atoms with Gasteiger partial charge in [0.05, 0.1) is 37.9 Å². The average Bonchev–Trinajstić information content (AvgIpc) is 3.29. The van der Waals surface area contributed by atoms with Crippen molar-refractivity contribution in [2.45, 2.75) is 29.0 Å². The second-order valence-electron chi connectivity index (χ2n) is 10.6. The van der Waals surface area contributed by atoms with E-state index in [9.17, 15) is 29.1 Å². The zero-order valence-electron chi connectivity index (χ0n) is 22.5. The number of carbonyl (C=O) groups is 5. The molecule has 1 aromatic carbocycles. The molecule has 2 aliphatic heterocycles. The van der Waals surface area contributed by atoms with Crippen LogP contribution in [0.1, 0.15) is 24.8 Å². The van der Waals surface area contributed by atoms with Crippen molar-refractivity contribution in [3.63, 3.8) is 0 Å². The van der Waals surface area contributed by atoms with E-state index >= 15 is 0 Å². The molecule has 14 heteroatoms. The number of alkyl halides is 3. The number of amides is 4. The lowest BCUT2D eigenvalue weighted by molar-refractivity contribution is -0.143. The second kappa shape index (κ2) is 10.9. The van der Waals surface area contributed by atoms with Crippen LogP contribution in [0.15, 0.2) is 29.9 Å². The lowest BCUT2D eigenvalue weighted by atomic mass is 9.57. The van der Waals surface area contributed by atoms with Crippen LogP contribution in [0.4, 0.5) is 0 Å². The summed E-state index contributed by atoms with van der Waals surface area (Å²) in [7, 11) is 2.76. The monoisotopic (exact) mass is 684 g/mol. The quantitative estimate of drug-likeness (QED) is 0.182. The first-order chi connectivity index (χ1) is 19.8. The third-order valence-corrected chi connectivity index (χ3v) is 10.6. The van der Waals surface area contributed by atoms with Gasteiger partial charge in [0.25, 0.3) is 11.8 Å². The summed E-state index contributed by atoms with van der Waals surface area (Å²) in [5, 5.41) is 19.4. The molecule has 2 N–H and O–H groups in total. The summed E-state index contributed by atoms with van der Waals surface area (Å²) in [5.41, 5.74) is 0.960. The lowest BCUT2D eigenvalue weighted by Crippen LogP contribution is -2.60. The van der Waals surface area contributed by atoms with E-state index in [-0.39, 0.29) is 42.1 Å². The first-order valence-electron chi connectivity index (χ1n) is 13.1. The van der Waals surface area contributed by atoms with Crippen molar-refractivity contribution >= 4 is 74.8 Å². The van der Waals surface area contributed by atoms with Gasteiger partial charge in [-0.05, 0) is 36.5 Å². The predicted molar refractivity (Wildman–Crippen MR) is 153 cm³/mol. The van der Waals surface area contributed by atoms with Crippen molar-refractivity contribution in [1.29, 1.82) is 0 Å². The van der Waals surface area contributed by atoms with Gasteiger partial charge in [-0.3, -0.25) is 33.8 Å². The Labute approximate surface area is 259 Å². The number of carboxylic acids is 1. The van der Waals surface area contributed by atoms with Crippen LogP contribution in [0, 0.1) is 23.7 Å². The first kappa shape index (κ1) is 30.4. The number of phenols is 1. The summed E-state index contributed by atoms with van der Waals surface area (Å²) in [6, 6.07) is 3.08. The van der Waals surface area contributed by atoms with E-state index in [4.69, 9.17) is 37.8 Å². The van der Waals surface area contributed by atoms with Gasteiger partial charge in [0.2, 0.25) is 17.6 Å². The average molecular weight is 686 g/mol. The minimum absolute atomic E-state index is 0.136. The van der Waals surface area contributed by atoms with E-state index in [1.807, 2.05) is 0 Å². The molecule has 0 radical (unpaired) electrons. The van der Waals surface area contributed by atoms with E-state index in [1.165, 1.54) is 14.2 Å². The van der Waals surface area contributed by atoms with Crippen molar-refractivity contribution in [3.05, 3.63) is 35.4 Å². The maximum Gasteiger partial charge on any atom is 0.305 e.